The third-order valence-electron chi connectivity index (χ3n) is 3.44. The third-order valence-corrected chi connectivity index (χ3v) is 4.50. The summed E-state index contributed by atoms with van der Waals surface area (Å²) in [5, 5.41) is 3.59. The lowest BCUT2D eigenvalue weighted by molar-refractivity contribution is -0.0158. The number of carbonyl (C=O) groups excluding carboxylic acids is 1. The first-order valence-electron chi connectivity index (χ1n) is 7.57. The van der Waals surface area contributed by atoms with E-state index in [0.29, 0.717) is 31.4 Å². The zero-order chi connectivity index (χ0) is 17.9. The Morgan fingerprint density at radius 1 is 1.33 bits per heavy atom. The average Bonchev–Trinajstić information content (AvgIpc) is 3.16. The van der Waals surface area contributed by atoms with Gasteiger partial charge in [-0.25, -0.2) is 4.79 Å². The lowest BCUT2D eigenvalue weighted by Crippen LogP contribution is -2.40. The van der Waals surface area contributed by atoms with Gasteiger partial charge in [0.25, 0.3) is 5.89 Å². The van der Waals surface area contributed by atoms with Crippen LogP contribution in [-0.2, 0) is 12.5 Å². The van der Waals surface area contributed by atoms with Crippen LogP contribution in [0.25, 0.3) is 10.7 Å². The van der Waals surface area contributed by atoms with Crippen molar-refractivity contribution in [2.75, 3.05) is 20.1 Å². The molecule has 0 aliphatic carbocycles. The predicted octanol–water partition coefficient (Wildman–Crippen LogP) is 3.80. The highest BCUT2D eigenvalue weighted by molar-refractivity contribution is 7.15. The van der Waals surface area contributed by atoms with E-state index in [-0.39, 0.29) is 11.9 Å². The molecule has 0 bridgehead atoms. The lowest BCUT2D eigenvalue weighted by atomic mass is 10.4. The maximum Gasteiger partial charge on any atom is 0.322 e. The first kappa shape index (κ1) is 18.3. The molecule has 2 heterocycles. The van der Waals surface area contributed by atoms with Crippen LogP contribution in [0, 0.1) is 0 Å². The molecule has 0 N–H and O–H groups in total. The molecule has 0 unspecified atom stereocenters. The largest absolute Gasteiger partial charge is 0.332 e. The Bertz CT molecular complexity index is 692. The summed E-state index contributed by atoms with van der Waals surface area (Å²) >= 11 is 1.34. The fourth-order valence-electron chi connectivity index (χ4n) is 2.12. The molecule has 0 aliphatic rings. The van der Waals surface area contributed by atoms with Crippen LogP contribution in [0.2, 0.25) is 0 Å². The van der Waals surface area contributed by atoms with E-state index in [2.05, 4.69) is 14.7 Å². The molecule has 9 heteroatoms. The van der Waals surface area contributed by atoms with Crippen LogP contribution in [0.4, 0.5) is 13.6 Å². The van der Waals surface area contributed by atoms with Crippen LogP contribution in [0.5, 0.6) is 0 Å². The van der Waals surface area contributed by atoms with Gasteiger partial charge in [0.15, 0.2) is 0 Å². The van der Waals surface area contributed by atoms with Crippen molar-refractivity contribution in [1.29, 1.82) is 0 Å². The Hall–Kier alpha value is -2.03. The van der Waals surface area contributed by atoms with Crippen molar-refractivity contribution in [1.82, 2.24) is 19.9 Å². The van der Waals surface area contributed by atoms with Crippen molar-refractivity contribution in [3.8, 4) is 10.7 Å². The smallest absolute Gasteiger partial charge is 0.322 e. The number of hydrogen-bond donors (Lipinski definition) is 0. The zero-order valence-corrected chi connectivity index (χ0v) is 14.9. The minimum absolute atomic E-state index is 0.0533. The first-order chi connectivity index (χ1) is 11.3. The van der Waals surface area contributed by atoms with E-state index < -0.39 is 11.8 Å². The number of rotatable bonds is 6. The van der Waals surface area contributed by atoms with Gasteiger partial charge in [-0.05, 0) is 26.0 Å². The molecule has 132 valence electrons. The van der Waals surface area contributed by atoms with E-state index in [1.165, 1.54) is 11.3 Å². The van der Waals surface area contributed by atoms with E-state index >= 15 is 0 Å². The fraction of sp³-hybridized carbons (Fsp3) is 0.533. The standard InChI is InChI=1S/C15H20F2N4O2S/c1-5-21(6-2)14(22)20(4)9-10-7-8-11(24-10)12-18-13(23-19-12)15(3,16)17/h7-8H,5-6,9H2,1-4H3. The highest BCUT2D eigenvalue weighted by Gasteiger charge is 2.32. The van der Waals surface area contributed by atoms with Crippen molar-refractivity contribution >= 4 is 17.4 Å². The summed E-state index contributed by atoms with van der Waals surface area (Å²) in [6, 6.07) is 3.51. The normalized spacial score (nSPS) is 11.6. The Morgan fingerprint density at radius 3 is 2.54 bits per heavy atom. The van der Waals surface area contributed by atoms with Gasteiger partial charge in [0.05, 0.1) is 11.4 Å². The fourth-order valence-corrected chi connectivity index (χ4v) is 3.11. The molecule has 0 aliphatic heterocycles. The summed E-state index contributed by atoms with van der Waals surface area (Å²) in [6.45, 7) is 6.27. The third kappa shape index (κ3) is 4.08. The van der Waals surface area contributed by atoms with E-state index in [1.54, 1.807) is 22.9 Å². The van der Waals surface area contributed by atoms with Gasteiger partial charge in [-0.15, -0.1) is 11.3 Å². The number of amides is 2. The van der Waals surface area contributed by atoms with Crippen LogP contribution >= 0.6 is 11.3 Å². The molecule has 2 rings (SSSR count). The van der Waals surface area contributed by atoms with Gasteiger partial charge < -0.3 is 14.3 Å². The molecule has 0 saturated heterocycles. The average molecular weight is 358 g/mol. The van der Waals surface area contributed by atoms with Crippen LogP contribution in [0.1, 0.15) is 31.5 Å². The molecule has 0 saturated carbocycles. The van der Waals surface area contributed by atoms with Gasteiger partial charge in [0, 0.05) is 31.9 Å². The molecule has 24 heavy (non-hydrogen) atoms. The number of hydrogen-bond acceptors (Lipinski definition) is 5. The van der Waals surface area contributed by atoms with Crippen molar-refractivity contribution in [3.63, 3.8) is 0 Å². The molecule has 0 fully saturated rings. The Kier molecular flexibility index (Phi) is 5.53. The zero-order valence-electron chi connectivity index (χ0n) is 14.0. The molecule has 2 amide bonds. The molecular weight excluding hydrogens is 338 g/mol. The second kappa shape index (κ2) is 7.25. The van der Waals surface area contributed by atoms with E-state index in [1.807, 2.05) is 19.9 Å². The van der Waals surface area contributed by atoms with Gasteiger partial charge in [-0.1, -0.05) is 5.16 Å². The first-order valence-corrected chi connectivity index (χ1v) is 8.39. The van der Waals surface area contributed by atoms with Crippen LogP contribution in [0.15, 0.2) is 16.7 Å². The van der Waals surface area contributed by atoms with Crippen LogP contribution in [-0.4, -0.2) is 46.1 Å². The van der Waals surface area contributed by atoms with Crippen LogP contribution < -0.4 is 0 Å². The van der Waals surface area contributed by atoms with Gasteiger partial charge in [-0.2, -0.15) is 13.8 Å². The second-order valence-corrected chi connectivity index (χ2v) is 6.56. The minimum atomic E-state index is -3.16. The number of thiophene rings is 1. The number of alkyl halides is 2. The minimum Gasteiger partial charge on any atom is -0.332 e. The van der Waals surface area contributed by atoms with E-state index in [0.717, 1.165) is 4.88 Å². The number of nitrogens with zero attached hydrogens (tertiary/aromatic N) is 4. The maximum atomic E-state index is 13.2. The van der Waals surface area contributed by atoms with Crippen molar-refractivity contribution in [2.24, 2.45) is 0 Å². The quantitative estimate of drug-likeness (QED) is 0.788. The number of halogens is 2. The second-order valence-electron chi connectivity index (χ2n) is 5.39. The van der Waals surface area contributed by atoms with Gasteiger partial charge in [-0.3, -0.25) is 0 Å². The topological polar surface area (TPSA) is 62.5 Å². The summed E-state index contributed by atoms with van der Waals surface area (Å²) in [6.07, 6.45) is 0. The van der Waals surface area contributed by atoms with Crippen molar-refractivity contribution in [2.45, 2.75) is 33.2 Å². The van der Waals surface area contributed by atoms with E-state index in [4.69, 9.17) is 0 Å². The molecular formula is C15H20F2N4O2S. The molecule has 0 atom stereocenters. The molecule has 0 aromatic carbocycles. The Balaban J connectivity index is 2.08. The summed E-state index contributed by atoms with van der Waals surface area (Å²) in [5.74, 6) is -3.75. The molecule has 2 aromatic heterocycles. The van der Waals surface area contributed by atoms with Gasteiger partial charge in [0.1, 0.15) is 0 Å². The van der Waals surface area contributed by atoms with E-state index in [9.17, 15) is 13.6 Å². The highest BCUT2D eigenvalue weighted by atomic mass is 32.1. The monoisotopic (exact) mass is 358 g/mol. The Labute approximate surface area is 143 Å². The lowest BCUT2D eigenvalue weighted by Gasteiger charge is -2.25. The van der Waals surface area contributed by atoms with Gasteiger partial charge in [0.2, 0.25) is 5.82 Å². The summed E-state index contributed by atoms with van der Waals surface area (Å²) in [4.78, 5) is 20.8. The van der Waals surface area contributed by atoms with Crippen molar-refractivity contribution in [3.05, 3.63) is 22.9 Å². The Morgan fingerprint density at radius 2 is 2.00 bits per heavy atom. The maximum absolute atomic E-state index is 13.2. The molecule has 6 nitrogen and oxygen atoms in total. The highest BCUT2D eigenvalue weighted by Crippen LogP contribution is 2.30. The predicted molar refractivity (Wildman–Crippen MR) is 87.0 cm³/mol. The number of urea groups is 1. The number of carbonyl (C=O) groups is 1. The summed E-state index contributed by atoms with van der Waals surface area (Å²) < 4.78 is 30.9. The molecule has 2 aromatic rings. The van der Waals surface area contributed by atoms with Crippen LogP contribution in [0.3, 0.4) is 0 Å². The SMILES string of the molecule is CCN(CC)C(=O)N(C)Cc1ccc(-c2noc(C(C)(F)F)n2)s1. The number of aromatic nitrogens is 2. The molecule has 0 radical (unpaired) electrons. The molecule has 0 spiro atoms. The summed E-state index contributed by atoms with van der Waals surface area (Å²) in [7, 11) is 1.73. The van der Waals surface area contributed by atoms with Gasteiger partial charge >= 0.3 is 12.0 Å². The summed E-state index contributed by atoms with van der Waals surface area (Å²) in [5.41, 5.74) is 0. The van der Waals surface area contributed by atoms with Crippen molar-refractivity contribution < 1.29 is 18.1 Å².